The molecule has 0 radical (unpaired) electrons. The smallest absolute Gasteiger partial charge is 0.278 e. The summed E-state index contributed by atoms with van der Waals surface area (Å²) in [5.74, 6) is -1.28. The van der Waals surface area contributed by atoms with Crippen LogP contribution in [0.25, 0.3) is 0 Å². The second kappa shape index (κ2) is 8.00. The van der Waals surface area contributed by atoms with Gasteiger partial charge in [0.2, 0.25) is 5.43 Å². The molecule has 3 aromatic rings. The molecular formula is C25H22FN3O3. The molecule has 7 heteroatoms. The summed E-state index contributed by atoms with van der Waals surface area (Å²) in [4.78, 5) is 26.9. The van der Waals surface area contributed by atoms with E-state index in [0.717, 1.165) is 16.7 Å². The SMILES string of the molecule is O=C1c2c(O)c(=O)ccn2N2CN1C/C=C\CCc1cc(F)ccc1[C@@H]2c1ccccc1. The molecule has 3 heterocycles. The number of carbonyl (C=O) groups is 1. The van der Waals surface area contributed by atoms with Crippen LogP contribution in [0.1, 0.15) is 39.6 Å². The Morgan fingerprint density at radius 3 is 2.62 bits per heavy atom. The molecule has 2 aromatic carbocycles. The number of rotatable bonds is 1. The average molecular weight is 431 g/mol. The first-order valence-corrected chi connectivity index (χ1v) is 10.5. The zero-order valence-corrected chi connectivity index (χ0v) is 17.3. The van der Waals surface area contributed by atoms with Crippen molar-refractivity contribution in [3.63, 3.8) is 0 Å². The van der Waals surface area contributed by atoms with E-state index in [1.807, 2.05) is 47.5 Å². The van der Waals surface area contributed by atoms with Crippen LogP contribution in [0.5, 0.6) is 5.75 Å². The van der Waals surface area contributed by atoms with Crippen molar-refractivity contribution in [2.45, 2.75) is 18.9 Å². The Bertz CT molecular complexity index is 1270. The van der Waals surface area contributed by atoms with Crippen molar-refractivity contribution in [3.8, 4) is 5.75 Å². The minimum atomic E-state index is -0.606. The highest BCUT2D eigenvalue weighted by atomic mass is 19.1. The molecule has 1 amide bonds. The first-order chi connectivity index (χ1) is 15.5. The maximum atomic E-state index is 14.2. The molecule has 2 aliphatic heterocycles. The zero-order valence-electron chi connectivity index (χ0n) is 17.3. The van der Waals surface area contributed by atoms with Gasteiger partial charge in [-0.2, -0.15) is 0 Å². The van der Waals surface area contributed by atoms with Gasteiger partial charge in [0, 0.05) is 18.8 Å². The molecule has 0 spiro atoms. The Labute approximate surface area is 184 Å². The number of benzene rings is 2. The van der Waals surface area contributed by atoms with Gasteiger partial charge in [-0.05, 0) is 41.7 Å². The summed E-state index contributed by atoms with van der Waals surface area (Å²) in [5, 5.41) is 12.5. The van der Waals surface area contributed by atoms with Crippen molar-refractivity contribution in [1.82, 2.24) is 9.58 Å². The van der Waals surface area contributed by atoms with Gasteiger partial charge in [-0.25, -0.2) is 4.39 Å². The number of aromatic hydroxyl groups is 1. The molecule has 0 unspecified atom stereocenters. The topological polar surface area (TPSA) is 65.8 Å². The van der Waals surface area contributed by atoms with Crippen LogP contribution < -0.4 is 10.4 Å². The largest absolute Gasteiger partial charge is 0.502 e. The highest BCUT2D eigenvalue weighted by molar-refractivity contribution is 5.96. The summed E-state index contributed by atoms with van der Waals surface area (Å²) in [6.07, 6.45) is 6.74. The molecule has 0 aliphatic carbocycles. The number of halogens is 1. The van der Waals surface area contributed by atoms with Crippen molar-refractivity contribution >= 4 is 5.91 Å². The summed E-state index contributed by atoms with van der Waals surface area (Å²) < 4.78 is 15.8. The van der Waals surface area contributed by atoms with E-state index in [-0.39, 0.29) is 24.2 Å². The zero-order chi connectivity index (χ0) is 22.2. The first-order valence-electron chi connectivity index (χ1n) is 10.5. The standard InChI is InChI=1S/C25H22FN3O3/c26-19-10-11-20-18(15-19)9-5-2-6-13-27-16-29(22(20)17-7-3-1-4-8-17)28-14-12-21(30)24(31)23(28)25(27)32/h1-4,6-8,10-12,14-15,22,31H,5,9,13,16H2/b6-2-/t22-/m0/s1. The van der Waals surface area contributed by atoms with E-state index in [1.165, 1.54) is 18.3 Å². The van der Waals surface area contributed by atoms with Crippen LogP contribution in [0.2, 0.25) is 0 Å². The van der Waals surface area contributed by atoms with Crippen LogP contribution in [0.15, 0.2) is 77.7 Å². The molecule has 162 valence electrons. The molecule has 1 N–H and O–H groups in total. The fourth-order valence-electron chi connectivity index (χ4n) is 4.50. The Kier molecular flexibility index (Phi) is 5.01. The number of aromatic nitrogens is 1. The van der Waals surface area contributed by atoms with Crippen molar-refractivity contribution in [2.75, 3.05) is 18.2 Å². The average Bonchev–Trinajstić information content (AvgIpc) is 2.82. The lowest BCUT2D eigenvalue weighted by molar-refractivity contribution is 0.0701. The summed E-state index contributed by atoms with van der Waals surface area (Å²) in [6.45, 7) is 0.568. The molecule has 5 rings (SSSR count). The van der Waals surface area contributed by atoms with Crippen molar-refractivity contribution in [3.05, 3.63) is 111 Å². The molecular weight excluding hydrogens is 409 g/mol. The molecule has 1 atom stereocenters. The fourth-order valence-corrected chi connectivity index (χ4v) is 4.50. The number of nitrogens with zero attached hydrogens (tertiary/aromatic N) is 3. The number of fused-ring (bicyclic) bond motifs is 5. The third-order valence-electron chi connectivity index (χ3n) is 6.02. The Hall–Kier alpha value is -3.87. The molecule has 0 saturated heterocycles. The Morgan fingerprint density at radius 2 is 1.81 bits per heavy atom. The van der Waals surface area contributed by atoms with E-state index in [0.29, 0.717) is 19.4 Å². The van der Waals surface area contributed by atoms with Gasteiger partial charge in [0.05, 0.1) is 6.04 Å². The highest BCUT2D eigenvalue weighted by Gasteiger charge is 2.36. The number of pyridine rings is 1. The van der Waals surface area contributed by atoms with E-state index >= 15 is 0 Å². The lowest BCUT2D eigenvalue weighted by atomic mass is 9.91. The van der Waals surface area contributed by atoms with E-state index in [2.05, 4.69) is 0 Å². The van der Waals surface area contributed by atoms with Crippen LogP contribution in [0.3, 0.4) is 0 Å². The van der Waals surface area contributed by atoms with Gasteiger partial charge >= 0.3 is 0 Å². The predicted molar refractivity (Wildman–Crippen MR) is 119 cm³/mol. The number of carbonyl (C=O) groups excluding carboxylic acids is 1. The molecule has 0 fully saturated rings. The van der Waals surface area contributed by atoms with Gasteiger partial charge in [-0.1, -0.05) is 48.6 Å². The van der Waals surface area contributed by atoms with Crippen LogP contribution in [0, 0.1) is 5.82 Å². The summed E-state index contributed by atoms with van der Waals surface area (Å²) >= 11 is 0. The van der Waals surface area contributed by atoms with E-state index in [4.69, 9.17) is 0 Å². The van der Waals surface area contributed by atoms with Crippen molar-refractivity contribution in [1.29, 1.82) is 0 Å². The minimum absolute atomic E-state index is 0.0685. The van der Waals surface area contributed by atoms with Gasteiger partial charge in [-0.15, -0.1) is 0 Å². The quantitative estimate of drug-likeness (QED) is 0.601. The molecule has 1 aromatic heterocycles. The van der Waals surface area contributed by atoms with E-state index in [1.54, 1.807) is 21.7 Å². The Balaban J connectivity index is 1.80. The molecule has 2 bridgehead atoms. The van der Waals surface area contributed by atoms with Crippen LogP contribution in [-0.4, -0.2) is 33.8 Å². The van der Waals surface area contributed by atoms with Crippen molar-refractivity contribution < 1.29 is 14.3 Å². The van der Waals surface area contributed by atoms with Crippen LogP contribution in [0.4, 0.5) is 4.39 Å². The first kappa shape index (κ1) is 20.1. The van der Waals surface area contributed by atoms with E-state index < -0.39 is 17.1 Å². The molecule has 2 aliphatic rings. The summed E-state index contributed by atoms with van der Waals surface area (Å²) in [5.41, 5.74) is 2.06. The third kappa shape index (κ3) is 3.36. The number of hydrogen-bond acceptors (Lipinski definition) is 4. The normalized spacial score (nSPS) is 19.0. The van der Waals surface area contributed by atoms with Gasteiger partial charge in [-0.3, -0.25) is 19.3 Å². The second-order valence-corrected chi connectivity index (χ2v) is 8.00. The lowest BCUT2D eigenvalue weighted by Gasteiger charge is -2.44. The lowest BCUT2D eigenvalue weighted by Crippen LogP contribution is -2.55. The number of amides is 1. The monoisotopic (exact) mass is 431 g/mol. The molecule has 32 heavy (non-hydrogen) atoms. The second-order valence-electron chi connectivity index (χ2n) is 8.00. The predicted octanol–water partition coefficient (Wildman–Crippen LogP) is 3.34. The van der Waals surface area contributed by atoms with Gasteiger partial charge < -0.3 is 10.0 Å². The number of allylic oxidation sites excluding steroid dienone is 1. The maximum Gasteiger partial charge on any atom is 0.278 e. The third-order valence-corrected chi connectivity index (χ3v) is 6.02. The van der Waals surface area contributed by atoms with Crippen LogP contribution in [-0.2, 0) is 6.42 Å². The fraction of sp³-hybridized carbons (Fsp3) is 0.200. The number of hydrogen-bond donors (Lipinski definition) is 1. The van der Waals surface area contributed by atoms with Crippen molar-refractivity contribution in [2.24, 2.45) is 0 Å². The molecule has 0 saturated carbocycles. The number of aryl methyl sites for hydroxylation is 1. The van der Waals surface area contributed by atoms with Gasteiger partial charge in [0.15, 0.2) is 11.4 Å². The van der Waals surface area contributed by atoms with Gasteiger partial charge in [0.25, 0.3) is 5.91 Å². The highest BCUT2D eigenvalue weighted by Crippen LogP contribution is 2.34. The maximum absolute atomic E-state index is 14.2. The summed E-state index contributed by atoms with van der Waals surface area (Å²) in [7, 11) is 0. The van der Waals surface area contributed by atoms with E-state index in [9.17, 15) is 19.1 Å². The Morgan fingerprint density at radius 1 is 1.00 bits per heavy atom. The van der Waals surface area contributed by atoms with Gasteiger partial charge in [0.1, 0.15) is 12.5 Å². The summed E-state index contributed by atoms with van der Waals surface area (Å²) in [6, 6.07) is 15.4. The minimum Gasteiger partial charge on any atom is -0.502 e. The molecule has 6 nitrogen and oxygen atoms in total. The van der Waals surface area contributed by atoms with Crippen LogP contribution >= 0.6 is 0 Å².